The van der Waals surface area contributed by atoms with Crippen LogP contribution in [0.4, 0.5) is 11.4 Å². The molecule has 2 aromatic heterocycles. The second-order valence-electron chi connectivity index (χ2n) is 5.75. The first-order chi connectivity index (χ1) is 12.5. The number of carbonyl (C=O) groups excluding carboxylic acids is 1. The number of nitrogens with one attached hydrogen (secondary N) is 1. The van der Waals surface area contributed by atoms with Gasteiger partial charge >= 0.3 is 0 Å². The van der Waals surface area contributed by atoms with Gasteiger partial charge in [0.25, 0.3) is 5.22 Å². The largest absolute Gasteiger partial charge is 0.414 e. The Morgan fingerprint density at radius 1 is 1.31 bits per heavy atom. The highest BCUT2D eigenvalue weighted by molar-refractivity contribution is 8.00. The topological polar surface area (TPSA) is 102 Å². The van der Waals surface area contributed by atoms with Crippen LogP contribution in [0.3, 0.4) is 0 Å². The Kier molecular flexibility index (Phi) is 5.52. The van der Waals surface area contributed by atoms with Crippen LogP contribution in [-0.2, 0) is 11.3 Å². The molecule has 136 valence electrons. The predicted molar refractivity (Wildman–Crippen MR) is 98.1 cm³/mol. The van der Waals surface area contributed by atoms with Gasteiger partial charge in [0.2, 0.25) is 11.8 Å². The van der Waals surface area contributed by atoms with Crippen LogP contribution < -0.4 is 10.2 Å². The van der Waals surface area contributed by atoms with Crippen LogP contribution in [0.5, 0.6) is 0 Å². The lowest BCUT2D eigenvalue weighted by atomic mass is 10.2. The van der Waals surface area contributed by atoms with Crippen LogP contribution in [0.25, 0.3) is 0 Å². The van der Waals surface area contributed by atoms with Gasteiger partial charge in [0, 0.05) is 25.5 Å². The van der Waals surface area contributed by atoms with Crippen molar-refractivity contribution in [2.45, 2.75) is 23.9 Å². The lowest BCUT2D eigenvalue weighted by Gasteiger charge is -2.14. The quantitative estimate of drug-likeness (QED) is 0.627. The van der Waals surface area contributed by atoms with E-state index in [-0.39, 0.29) is 11.2 Å². The fraction of sp³-hybridized carbons (Fsp3) is 0.312. The molecule has 1 aromatic carbocycles. The van der Waals surface area contributed by atoms with E-state index in [1.54, 1.807) is 17.9 Å². The van der Waals surface area contributed by atoms with Crippen LogP contribution in [0.2, 0.25) is 0 Å². The zero-order valence-corrected chi connectivity index (χ0v) is 15.5. The van der Waals surface area contributed by atoms with Crippen LogP contribution >= 0.6 is 11.8 Å². The molecule has 10 heteroatoms. The summed E-state index contributed by atoms with van der Waals surface area (Å²) in [5.41, 5.74) is 1.81. The summed E-state index contributed by atoms with van der Waals surface area (Å²) >= 11 is 1.21. The number of anilines is 2. The molecule has 3 aromatic rings. The lowest BCUT2D eigenvalue weighted by molar-refractivity contribution is -0.115. The van der Waals surface area contributed by atoms with Crippen molar-refractivity contribution < 1.29 is 9.21 Å². The smallest absolute Gasteiger partial charge is 0.277 e. The fourth-order valence-corrected chi connectivity index (χ4v) is 2.79. The third-order valence-electron chi connectivity index (χ3n) is 3.51. The number of carbonyl (C=O) groups is 1. The lowest BCUT2D eigenvalue weighted by Crippen LogP contribution is -2.22. The molecule has 3 rings (SSSR count). The van der Waals surface area contributed by atoms with Gasteiger partial charge in [0.1, 0.15) is 19.2 Å². The maximum atomic E-state index is 12.3. The van der Waals surface area contributed by atoms with Crippen molar-refractivity contribution >= 4 is 29.0 Å². The molecule has 0 saturated heterocycles. The Morgan fingerprint density at radius 3 is 2.73 bits per heavy atom. The van der Waals surface area contributed by atoms with E-state index < -0.39 is 0 Å². The molecule has 0 saturated carbocycles. The fourth-order valence-electron chi connectivity index (χ4n) is 2.09. The molecule has 0 bridgehead atoms. The minimum absolute atomic E-state index is 0.136. The van der Waals surface area contributed by atoms with E-state index in [1.165, 1.54) is 18.1 Å². The Balaban J connectivity index is 1.54. The van der Waals surface area contributed by atoms with E-state index in [1.807, 2.05) is 43.3 Å². The van der Waals surface area contributed by atoms with E-state index in [0.717, 1.165) is 11.4 Å². The van der Waals surface area contributed by atoms with Crippen molar-refractivity contribution in [1.82, 2.24) is 25.0 Å². The van der Waals surface area contributed by atoms with Crippen LogP contribution in [0.1, 0.15) is 12.8 Å². The number of nitrogens with zero attached hydrogens (tertiary/aromatic N) is 6. The van der Waals surface area contributed by atoms with Gasteiger partial charge in [-0.3, -0.25) is 4.79 Å². The van der Waals surface area contributed by atoms with Gasteiger partial charge in [-0.1, -0.05) is 11.8 Å². The number of aromatic nitrogens is 5. The average molecular weight is 373 g/mol. The van der Waals surface area contributed by atoms with Crippen LogP contribution in [0, 0.1) is 0 Å². The summed E-state index contributed by atoms with van der Waals surface area (Å²) in [7, 11) is 3.93. The SMILES string of the molecule is CC(Sc1nnc(Cn2cncn2)o1)C(=O)Nc1ccc(N(C)C)cc1. The minimum atomic E-state index is -0.386. The van der Waals surface area contributed by atoms with Crippen molar-refractivity contribution in [2.24, 2.45) is 0 Å². The van der Waals surface area contributed by atoms with Gasteiger partial charge in [0.05, 0.1) is 5.25 Å². The highest BCUT2D eigenvalue weighted by Gasteiger charge is 2.18. The first-order valence-corrected chi connectivity index (χ1v) is 8.79. The Morgan fingerprint density at radius 2 is 2.08 bits per heavy atom. The number of amides is 1. The molecule has 0 fully saturated rings. The molecule has 1 unspecified atom stereocenters. The molecule has 0 aliphatic carbocycles. The van der Waals surface area contributed by atoms with E-state index in [9.17, 15) is 4.79 Å². The van der Waals surface area contributed by atoms with Crippen molar-refractivity contribution in [3.8, 4) is 0 Å². The van der Waals surface area contributed by atoms with Crippen molar-refractivity contribution in [3.05, 3.63) is 42.8 Å². The zero-order chi connectivity index (χ0) is 18.5. The first kappa shape index (κ1) is 17.9. The third kappa shape index (κ3) is 4.60. The number of rotatable bonds is 7. The summed E-state index contributed by atoms with van der Waals surface area (Å²) in [6.07, 6.45) is 3.00. The molecule has 26 heavy (non-hydrogen) atoms. The zero-order valence-electron chi connectivity index (χ0n) is 14.7. The Bertz CT molecular complexity index is 846. The molecular formula is C16H19N7O2S. The second-order valence-corrected chi connectivity index (χ2v) is 7.04. The first-order valence-electron chi connectivity index (χ1n) is 7.91. The molecule has 1 amide bonds. The van der Waals surface area contributed by atoms with Crippen LogP contribution in [0.15, 0.2) is 46.6 Å². The van der Waals surface area contributed by atoms with Gasteiger partial charge in [-0.25, -0.2) is 9.67 Å². The number of hydrogen-bond acceptors (Lipinski definition) is 8. The normalized spacial score (nSPS) is 12.0. The average Bonchev–Trinajstić information content (AvgIpc) is 3.28. The molecule has 0 radical (unpaired) electrons. The highest BCUT2D eigenvalue weighted by atomic mass is 32.2. The Labute approximate surface area is 154 Å². The molecular weight excluding hydrogens is 354 g/mol. The molecule has 0 spiro atoms. The minimum Gasteiger partial charge on any atom is -0.414 e. The molecule has 0 aliphatic rings. The summed E-state index contributed by atoms with van der Waals surface area (Å²) in [5, 5.41) is 14.7. The maximum Gasteiger partial charge on any atom is 0.277 e. The summed E-state index contributed by atoms with van der Waals surface area (Å²) in [4.78, 5) is 18.2. The Hall–Kier alpha value is -2.88. The highest BCUT2D eigenvalue weighted by Crippen LogP contribution is 2.23. The van der Waals surface area contributed by atoms with E-state index >= 15 is 0 Å². The van der Waals surface area contributed by atoms with E-state index in [4.69, 9.17) is 4.42 Å². The van der Waals surface area contributed by atoms with Crippen molar-refractivity contribution in [3.63, 3.8) is 0 Å². The van der Waals surface area contributed by atoms with Crippen molar-refractivity contribution in [1.29, 1.82) is 0 Å². The summed E-state index contributed by atoms with van der Waals surface area (Å²) in [6.45, 7) is 2.13. The molecule has 1 atom stereocenters. The summed E-state index contributed by atoms with van der Waals surface area (Å²) in [6, 6.07) is 7.63. The number of thioether (sulfide) groups is 1. The van der Waals surface area contributed by atoms with Crippen molar-refractivity contribution in [2.75, 3.05) is 24.3 Å². The van der Waals surface area contributed by atoms with Gasteiger partial charge in [-0.15, -0.1) is 10.2 Å². The van der Waals surface area contributed by atoms with Crippen LogP contribution in [-0.4, -0.2) is 50.2 Å². The van der Waals surface area contributed by atoms with Gasteiger partial charge in [0.15, 0.2) is 0 Å². The standard InChI is InChI=1S/C16H19N7O2S/c1-11(15(24)19-12-4-6-13(7-5-12)22(2)3)26-16-21-20-14(25-16)8-23-10-17-9-18-23/h4-7,9-11H,8H2,1-3H3,(H,19,24). The third-order valence-corrected chi connectivity index (χ3v) is 4.44. The maximum absolute atomic E-state index is 12.3. The van der Waals surface area contributed by atoms with Gasteiger partial charge in [-0.05, 0) is 31.2 Å². The second kappa shape index (κ2) is 8.00. The molecule has 2 heterocycles. The summed E-state index contributed by atoms with van der Waals surface area (Å²) < 4.78 is 7.12. The summed E-state index contributed by atoms with van der Waals surface area (Å²) in [5.74, 6) is 0.272. The van der Waals surface area contributed by atoms with Gasteiger partial charge in [-0.2, -0.15) is 5.10 Å². The molecule has 1 N–H and O–H groups in total. The predicted octanol–water partition coefficient (Wildman–Crippen LogP) is 1.89. The van der Waals surface area contributed by atoms with Gasteiger partial charge < -0.3 is 14.6 Å². The van der Waals surface area contributed by atoms with E-state index in [0.29, 0.717) is 17.7 Å². The monoisotopic (exact) mass is 373 g/mol. The molecule has 0 aliphatic heterocycles. The van der Waals surface area contributed by atoms with E-state index in [2.05, 4.69) is 25.6 Å². The number of hydrogen-bond donors (Lipinski definition) is 1. The molecule has 9 nitrogen and oxygen atoms in total. The number of benzene rings is 1.